The molecule has 0 spiro atoms. The smallest absolute Gasteiger partial charge is 0.410 e. The normalized spacial score (nSPS) is 13.9. The number of nitrogens with two attached hydrogens (primary N) is 1. The largest absolute Gasteiger partial charge is 0.444 e. The number of hydrogen-bond donors (Lipinski definition) is 2. The molecular formula is C13H22N4O3. The molecule has 0 atom stereocenters. The van der Waals surface area contributed by atoms with Gasteiger partial charge in [-0.15, -0.1) is 0 Å². The molecule has 0 aliphatic carbocycles. The van der Waals surface area contributed by atoms with Gasteiger partial charge in [-0.25, -0.2) is 9.89 Å². The molecule has 1 aromatic heterocycles. The Hall–Kier alpha value is -1.89. The van der Waals surface area contributed by atoms with Gasteiger partial charge in [0.05, 0.1) is 12.7 Å². The maximum absolute atomic E-state index is 11.9. The quantitative estimate of drug-likeness (QED) is 0.727. The molecular weight excluding hydrogens is 260 g/mol. The minimum absolute atomic E-state index is 0.235. The van der Waals surface area contributed by atoms with Crippen molar-refractivity contribution in [2.24, 2.45) is 5.73 Å². The van der Waals surface area contributed by atoms with Crippen molar-refractivity contribution in [2.45, 2.75) is 39.3 Å². The standard InChI is InChI=1S/C12H17N3O3.CH5N/c1-12(2,3)18-11(17)15-5-4-8-6-13-14-10(16)9(8)7-15;1-2/h6H,4-5,7H2,1-3H3,(H,14,16);2H2,1H3. The second-order valence-electron chi connectivity index (χ2n) is 5.35. The van der Waals surface area contributed by atoms with Crippen LogP contribution in [0.25, 0.3) is 0 Å². The summed E-state index contributed by atoms with van der Waals surface area (Å²) in [5.41, 5.74) is 5.24. The number of carbonyl (C=O) groups is 1. The molecule has 1 aliphatic heterocycles. The van der Waals surface area contributed by atoms with Gasteiger partial charge in [0.25, 0.3) is 5.56 Å². The molecule has 0 bridgehead atoms. The molecule has 0 radical (unpaired) electrons. The van der Waals surface area contributed by atoms with Crippen LogP contribution in [-0.2, 0) is 17.7 Å². The van der Waals surface area contributed by atoms with Gasteiger partial charge < -0.3 is 15.4 Å². The van der Waals surface area contributed by atoms with E-state index in [1.165, 1.54) is 7.05 Å². The molecule has 20 heavy (non-hydrogen) atoms. The zero-order valence-electron chi connectivity index (χ0n) is 12.4. The molecule has 0 unspecified atom stereocenters. The van der Waals surface area contributed by atoms with Gasteiger partial charge in [-0.05, 0) is 39.8 Å². The Morgan fingerprint density at radius 2 is 2.10 bits per heavy atom. The van der Waals surface area contributed by atoms with Crippen molar-refractivity contribution >= 4 is 6.09 Å². The molecule has 3 N–H and O–H groups in total. The van der Waals surface area contributed by atoms with Crippen LogP contribution in [0.4, 0.5) is 4.79 Å². The third kappa shape index (κ3) is 4.06. The molecule has 7 heteroatoms. The highest BCUT2D eigenvalue weighted by atomic mass is 16.6. The highest BCUT2D eigenvalue weighted by molar-refractivity contribution is 5.68. The zero-order chi connectivity index (χ0) is 15.3. The van der Waals surface area contributed by atoms with E-state index in [2.05, 4.69) is 15.9 Å². The van der Waals surface area contributed by atoms with E-state index in [0.29, 0.717) is 18.5 Å². The number of H-pyrrole nitrogens is 1. The van der Waals surface area contributed by atoms with Crippen molar-refractivity contribution < 1.29 is 9.53 Å². The van der Waals surface area contributed by atoms with E-state index < -0.39 is 5.60 Å². The van der Waals surface area contributed by atoms with Crippen LogP contribution in [-0.4, -0.2) is 40.4 Å². The van der Waals surface area contributed by atoms with Crippen molar-refractivity contribution in [3.05, 3.63) is 27.7 Å². The lowest BCUT2D eigenvalue weighted by Crippen LogP contribution is -2.41. The molecule has 0 fully saturated rings. The Labute approximate surface area is 118 Å². The number of nitrogens with zero attached hydrogens (tertiary/aromatic N) is 2. The average molecular weight is 282 g/mol. The van der Waals surface area contributed by atoms with Crippen LogP contribution in [0.5, 0.6) is 0 Å². The van der Waals surface area contributed by atoms with Crippen LogP contribution in [0.2, 0.25) is 0 Å². The van der Waals surface area contributed by atoms with Crippen LogP contribution < -0.4 is 11.3 Å². The molecule has 1 aliphatic rings. The van der Waals surface area contributed by atoms with E-state index in [-0.39, 0.29) is 18.2 Å². The minimum Gasteiger partial charge on any atom is -0.444 e. The molecule has 112 valence electrons. The van der Waals surface area contributed by atoms with Gasteiger partial charge in [-0.1, -0.05) is 0 Å². The van der Waals surface area contributed by atoms with E-state index in [0.717, 1.165) is 5.56 Å². The first kappa shape index (κ1) is 16.2. The lowest BCUT2D eigenvalue weighted by atomic mass is 10.0. The van der Waals surface area contributed by atoms with Crippen molar-refractivity contribution in [1.29, 1.82) is 0 Å². The van der Waals surface area contributed by atoms with Crippen molar-refractivity contribution in [3.63, 3.8) is 0 Å². The fourth-order valence-electron chi connectivity index (χ4n) is 1.86. The summed E-state index contributed by atoms with van der Waals surface area (Å²) in [5, 5.41) is 6.14. The summed E-state index contributed by atoms with van der Waals surface area (Å²) in [6, 6.07) is 0. The summed E-state index contributed by atoms with van der Waals surface area (Å²) < 4.78 is 5.29. The van der Waals surface area contributed by atoms with Crippen LogP contribution in [0.15, 0.2) is 11.0 Å². The Kier molecular flexibility index (Phi) is 5.26. The first-order chi connectivity index (χ1) is 9.37. The minimum atomic E-state index is -0.526. The monoisotopic (exact) mass is 282 g/mol. The van der Waals surface area contributed by atoms with Gasteiger partial charge in [-0.2, -0.15) is 5.10 Å². The molecule has 0 aromatic carbocycles. The fourth-order valence-corrected chi connectivity index (χ4v) is 1.86. The predicted molar refractivity (Wildman–Crippen MR) is 75.3 cm³/mol. The highest BCUT2D eigenvalue weighted by Crippen LogP contribution is 2.17. The number of hydrogen-bond acceptors (Lipinski definition) is 5. The second kappa shape index (κ2) is 6.51. The molecule has 2 rings (SSSR count). The zero-order valence-corrected chi connectivity index (χ0v) is 12.4. The van der Waals surface area contributed by atoms with E-state index >= 15 is 0 Å². The highest BCUT2D eigenvalue weighted by Gasteiger charge is 2.26. The Bertz CT molecular complexity index is 519. The number of aromatic amines is 1. The topological polar surface area (TPSA) is 101 Å². The van der Waals surface area contributed by atoms with E-state index in [9.17, 15) is 9.59 Å². The van der Waals surface area contributed by atoms with Gasteiger partial charge in [0, 0.05) is 12.1 Å². The number of aromatic nitrogens is 2. The van der Waals surface area contributed by atoms with Crippen LogP contribution in [0, 0.1) is 0 Å². The number of nitrogens with one attached hydrogen (secondary N) is 1. The maximum Gasteiger partial charge on any atom is 0.410 e. The fraction of sp³-hybridized carbons (Fsp3) is 0.615. The Balaban J connectivity index is 0.000000956. The number of rotatable bonds is 0. The van der Waals surface area contributed by atoms with Gasteiger partial charge in [-0.3, -0.25) is 4.79 Å². The predicted octanol–water partition coefficient (Wildman–Crippen LogP) is 0.638. The lowest BCUT2D eigenvalue weighted by molar-refractivity contribution is 0.0223. The summed E-state index contributed by atoms with van der Waals surface area (Å²) in [6.07, 6.45) is 1.89. The first-order valence-electron chi connectivity index (χ1n) is 6.48. The van der Waals surface area contributed by atoms with Gasteiger partial charge >= 0.3 is 6.09 Å². The average Bonchev–Trinajstić information content (AvgIpc) is 2.39. The summed E-state index contributed by atoms with van der Waals surface area (Å²) in [6.45, 7) is 6.29. The number of amides is 1. The van der Waals surface area contributed by atoms with Crippen molar-refractivity contribution in [3.8, 4) is 0 Å². The number of carbonyl (C=O) groups excluding carboxylic acids is 1. The first-order valence-corrected chi connectivity index (χ1v) is 6.48. The van der Waals surface area contributed by atoms with E-state index in [4.69, 9.17) is 4.74 Å². The van der Waals surface area contributed by atoms with E-state index in [1.807, 2.05) is 20.8 Å². The molecule has 2 heterocycles. The Morgan fingerprint density at radius 3 is 2.70 bits per heavy atom. The van der Waals surface area contributed by atoms with Gasteiger partial charge in [0.1, 0.15) is 5.60 Å². The van der Waals surface area contributed by atoms with E-state index in [1.54, 1.807) is 11.1 Å². The lowest BCUT2D eigenvalue weighted by Gasteiger charge is -2.30. The summed E-state index contributed by atoms with van der Waals surface area (Å²) in [5.74, 6) is 0. The number of ether oxygens (including phenoxy) is 1. The van der Waals surface area contributed by atoms with Crippen LogP contribution in [0.3, 0.4) is 0 Å². The van der Waals surface area contributed by atoms with Crippen LogP contribution >= 0.6 is 0 Å². The molecule has 7 nitrogen and oxygen atoms in total. The molecule has 1 amide bonds. The molecule has 0 saturated heterocycles. The summed E-state index contributed by atoms with van der Waals surface area (Å²) in [4.78, 5) is 25.1. The number of fused-ring (bicyclic) bond motifs is 1. The molecule has 1 aromatic rings. The van der Waals surface area contributed by atoms with Gasteiger partial charge in [0.2, 0.25) is 0 Å². The SMILES string of the molecule is CC(C)(C)OC(=O)N1CCc2cn[nH]c(=O)c2C1.CN. The van der Waals surface area contributed by atoms with Gasteiger partial charge in [0.15, 0.2) is 0 Å². The van der Waals surface area contributed by atoms with Crippen molar-refractivity contribution in [1.82, 2.24) is 15.1 Å². The Morgan fingerprint density at radius 1 is 1.45 bits per heavy atom. The second-order valence-corrected chi connectivity index (χ2v) is 5.35. The van der Waals surface area contributed by atoms with Crippen LogP contribution in [0.1, 0.15) is 31.9 Å². The van der Waals surface area contributed by atoms with Crippen molar-refractivity contribution in [2.75, 3.05) is 13.6 Å². The summed E-state index contributed by atoms with van der Waals surface area (Å²) in [7, 11) is 1.50. The summed E-state index contributed by atoms with van der Waals surface area (Å²) >= 11 is 0. The maximum atomic E-state index is 11.9. The molecule has 0 saturated carbocycles. The third-order valence-corrected chi connectivity index (χ3v) is 2.70. The third-order valence-electron chi connectivity index (χ3n) is 2.70.